The second-order valence-electron chi connectivity index (χ2n) is 13.3. The smallest absolute Gasteiger partial charge is 0.0619 e. The van der Waals surface area contributed by atoms with Crippen molar-refractivity contribution in [3.05, 3.63) is 176 Å². The molecule has 1 aliphatic carbocycles. The average molecular weight is 620 g/mol. The fraction of sp³-hybridized carbons (Fsp3) is 0. The summed E-state index contributed by atoms with van der Waals surface area (Å²) in [5.41, 5.74) is 14.0. The van der Waals surface area contributed by atoms with Crippen LogP contribution in [0, 0.1) is 0 Å². The van der Waals surface area contributed by atoms with Crippen LogP contribution in [-0.2, 0) is 0 Å². The van der Waals surface area contributed by atoms with Crippen molar-refractivity contribution < 1.29 is 0 Å². The Hall–Kier alpha value is -6.44. The Morgan fingerprint density at radius 1 is 0.286 bits per heavy atom. The van der Waals surface area contributed by atoms with Crippen LogP contribution in [0.25, 0.3) is 104 Å². The highest BCUT2D eigenvalue weighted by atomic mass is 15.0. The summed E-state index contributed by atoms with van der Waals surface area (Å²) in [5.74, 6) is 0. The Kier molecular flexibility index (Phi) is 5.45. The summed E-state index contributed by atoms with van der Waals surface area (Å²) < 4.78 is 2.48. The molecule has 0 bridgehead atoms. The normalized spacial score (nSPS) is 12.1. The summed E-state index contributed by atoms with van der Waals surface area (Å²) in [6.07, 6.45) is 0. The van der Waals surface area contributed by atoms with Gasteiger partial charge in [0.2, 0.25) is 0 Å². The Morgan fingerprint density at radius 2 is 0.857 bits per heavy atom. The SMILES string of the molecule is c1ccc(-n2c3c4ccccc4ccc3c3ccc4c(-c5ccc(-c6cc7c8c(cccc8c6)-c6ccccc6-7)cc5)cccc4c32)cc1. The van der Waals surface area contributed by atoms with E-state index < -0.39 is 0 Å². The molecule has 49 heavy (non-hydrogen) atoms. The van der Waals surface area contributed by atoms with Crippen molar-refractivity contribution in [3.63, 3.8) is 0 Å². The van der Waals surface area contributed by atoms with Gasteiger partial charge in [0.25, 0.3) is 0 Å². The van der Waals surface area contributed by atoms with Gasteiger partial charge in [-0.05, 0) is 90.3 Å². The Labute approximate surface area is 283 Å². The molecule has 1 nitrogen and oxygen atoms in total. The number of fused-ring (bicyclic) bond motifs is 10. The zero-order valence-electron chi connectivity index (χ0n) is 26.7. The first-order valence-corrected chi connectivity index (χ1v) is 17.0. The molecule has 0 amide bonds. The maximum absolute atomic E-state index is 2.48. The molecule has 0 saturated carbocycles. The molecule has 0 atom stereocenters. The molecule has 1 aromatic heterocycles. The standard InChI is InChI=1S/C48H29N/c1-2-12-35(13-3-1)49-47-37-14-5-4-10-31(37)24-25-43(47)44-27-26-40-36(17-9-19-42(40)48(44)49)32-22-20-30(21-23-32)34-28-33-11-8-18-41-38-15-6-7-16-39(38)45(29-34)46(33)41/h1-29H. The second-order valence-corrected chi connectivity index (χ2v) is 13.3. The van der Waals surface area contributed by atoms with Crippen LogP contribution in [0.2, 0.25) is 0 Å². The first-order valence-electron chi connectivity index (χ1n) is 17.0. The van der Waals surface area contributed by atoms with Crippen molar-refractivity contribution in [2.24, 2.45) is 0 Å². The lowest BCUT2D eigenvalue weighted by molar-refractivity contribution is 1.19. The Bertz CT molecular complexity index is 2960. The van der Waals surface area contributed by atoms with Crippen LogP contribution >= 0.6 is 0 Å². The van der Waals surface area contributed by atoms with Gasteiger partial charge in [-0.25, -0.2) is 0 Å². The molecule has 10 aromatic rings. The Balaban J connectivity index is 1.10. The minimum atomic E-state index is 1.18. The lowest BCUT2D eigenvalue weighted by atomic mass is 9.93. The van der Waals surface area contributed by atoms with Crippen molar-refractivity contribution in [1.29, 1.82) is 0 Å². The summed E-state index contributed by atoms with van der Waals surface area (Å²) in [5, 5.41) is 10.3. The van der Waals surface area contributed by atoms with Gasteiger partial charge < -0.3 is 4.57 Å². The quantitative estimate of drug-likeness (QED) is 0.185. The lowest BCUT2D eigenvalue weighted by Gasteiger charge is -2.13. The van der Waals surface area contributed by atoms with E-state index in [0.717, 1.165) is 0 Å². The van der Waals surface area contributed by atoms with Crippen LogP contribution in [0.15, 0.2) is 176 Å². The molecule has 0 N–H and O–H groups in total. The van der Waals surface area contributed by atoms with Gasteiger partial charge in [0.15, 0.2) is 0 Å². The van der Waals surface area contributed by atoms with Gasteiger partial charge in [-0.3, -0.25) is 0 Å². The van der Waals surface area contributed by atoms with Gasteiger partial charge >= 0.3 is 0 Å². The molecule has 1 heteroatoms. The minimum absolute atomic E-state index is 1.18. The summed E-state index contributed by atoms with van der Waals surface area (Å²) in [4.78, 5) is 0. The first kappa shape index (κ1) is 26.6. The zero-order valence-corrected chi connectivity index (χ0v) is 26.7. The molecular weight excluding hydrogens is 591 g/mol. The molecule has 0 aliphatic heterocycles. The van der Waals surface area contributed by atoms with E-state index in [4.69, 9.17) is 0 Å². The van der Waals surface area contributed by atoms with E-state index in [9.17, 15) is 0 Å². The monoisotopic (exact) mass is 619 g/mol. The molecule has 0 saturated heterocycles. The van der Waals surface area contributed by atoms with Gasteiger partial charge in [-0.1, -0.05) is 152 Å². The van der Waals surface area contributed by atoms with Crippen LogP contribution in [0.3, 0.4) is 0 Å². The number of hydrogen-bond donors (Lipinski definition) is 0. The number of aromatic nitrogens is 1. The van der Waals surface area contributed by atoms with Crippen molar-refractivity contribution >= 4 is 54.1 Å². The molecule has 0 unspecified atom stereocenters. The molecular formula is C48H29N. The number of para-hydroxylation sites is 1. The van der Waals surface area contributed by atoms with Crippen LogP contribution in [0.5, 0.6) is 0 Å². The number of nitrogens with zero attached hydrogens (tertiary/aromatic N) is 1. The predicted molar refractivity (Wildman–Crippen MR) is 209 cm³/mol. The zero-order chi connectivity index (χ0) is 32.1. The highest BCUT2D eigenvalue weighted by Gasteiger charge is 2.22. The third-order valence-electron chi connectivity index (χ3n) is 10.7. The van der Waals surface area contributed by atoms with E-state index >= 15 is 0 Å². The third kappa shape index (κ3) is 3.76. The summed E-state index contributed by atoms with van der Waals surface area (Å²) in [7, 11) is 0. The van der Waals surface area contributed by atoms with Crippen LogP contribution in [-0.4, -0.2) is 4.57 Å². The van der Waals surface area contributed by atoms with Crippen molar-refractivity contribution in [1.82, 2.24) is 4.57 Å². The van der Waals surface area contributed by atoms with Crippen molar-refractivity contribution in [2.45, 2.75) is 0 Å². The van der Waals surface area contributed by atoms with Crippen molar-refractivity contribution in [3.8, 4) is 50.2 Å². The van der Waals surface area contributed by atoms with E-state index in [1.165, 1.54) is 104 Å². The van der Waals surface area contributed by atoms with E-state index in [-0.39, 0.29) is 0 Å². The molecule has 9 aromatic carbocycles. The molecule has 226 valence electrons. The van der Waals surface area contributed by atoms with E-state index in [0.29, 0.717) is 0 Å². The van der Waals surface area contributed by atoms with Gasteiger partial charge in [-0.15, -0.1) is 0 Å². The van der Waals surface area contributed by atoms with Crippen LogP contribution < -0.4 is 0 Å². The molecule has 1 aliphatic rings. The number of rotatable bonds is 3. The topological polar surface area (TPSA) is 4.93 Å². The van der Waals surface area contributed by atoms with E-state index in [2.05, 4.69) is 180 Å². The fourth-order valence-electron chi connectivity index (χ4n) is 8.54. The number of benzene rings is 9. The first-order chi connectivity index (χ1) is 24.3. The van der Waals surface area contributed by atoms with E-state index in [1.54, 1.807) is 0 Å². The Morgan fingerprint density at radius 3 is 1.71 bits per heavy atom. The van der Waals surface area contributed by atoms with Gasteiger partial charge in [0.1, 0.15) is 0 Å². The summed E-state index contributed by atoms with van der Waals surface area (Å²) >= 11 is 0. The second kappa shape index (κ2) is 10.0. The highest BCUT2D eigenvalue weighted by Crippen LogP contribution is 2.49. The third-order valence-corrected chi connectivity index (χ3v) is 10.7. The maximum atomic E-state index is 2.48. The molecule has 0 fully saturated rings. The van der Waals surface area contributed by atoms with E-state index in [1.807, 2.05) is 0 Å². The molecule has 1 heterocycles. The predicted octanol–water partition coefficient (Wildman–Crippen LogP) is 13.2. The fourth-order valence-corrected chi connectivity index (χ4v) is 8.54. The highest BCUT2D eigenvalue weighted by molar-refractivity contribution is 6.25. The van der Waals surface area contributed by atoms with Crippen LogP contribution in [0.1, 0.15) is 0 Å². The largest absolute Gasteiger partial charge is 0.308 e. The number of hydrogen-bond acceptors (Lipinski definition) is 0. The summed E-state index contributed by atoms with van der Waals surface area (Å²) in [6.45, 7) is 0. The van der Waals surface area contributed by atoms with Crippen molar-refractivity contribution in [2.75, 3.05) is 0 Å². The minimum Gasteiger partial charge on any atom is -0.308 e. The molecule has 0 spiro atoms. The van der Waals surface area contributed by atoms with Gasteiger partial charge in [0.05, 0.1) is 11.0 Å². The van der Waals surface area contributed by atoms with Gasteiger partial charge in [0, 0.05) is 27.2 Å². The average Bonchev–Trinajstić information content (AvgIpc) is 3.69. The maximum Gasteiger partial charge on any atom is 0.0619 e. The lowest BCUT2D eigenvalue weighted by Crippen LogP contribution is -1.95. The molecule has 0 radical (unpaired) electrons. The summed E-state index contributed by atoms with van der Waals surface area (Å²) in [6, 6.07) is 64.9. The molecule has 11 rings (SSSR count). The van der Waals surface area contributed by atoms with Gasteiger partial charge in [-0.2, -0.15) is 0 Å². The van der Waals surface area contributed by atoms with Crippen LogP contribution in [0.4, 0.5) is 0 Å².